The van der Waals surface area contributed by atoms with Crippen LogP contribution in [0.3, 0.4) is 0 Å². The zero-order valence-corrected chi connectivity index (χ0v) is 17.9. The van der Waals surface area contributed by atoms with Crippen LogP contribution in [0.25, 0.3) is 5.00 Å². The number of rotatable bonds is 6. The zero-order valence-electron chi connectivity index (χ0n) is 16.3. The molecule has 31 heavy (non-hydrogen) atoms. The first-order valence-corrected chi connectivity index (χ1v) is 11.0. The Morgan fingerprint density at radius 1 is 1.23 bits per heavy atom. The number of carbonyl (C=O) groups excluding carboxylic acids is 1. The Bertz CT molecular complexity index is 1310. The van der Waals surface area contributed by atoms with Crippen LogP contribution in [0.2, 0.25) is 0 Å². The van der Waals surface area contributed by atoms with Crippen LogP contribution in [0.5, 0.6) is 11.5 Å². The molecular weight excluding hydrogens is 440 g/mol. The van der Waals surface area contributed by atoms with E-state index in [1.54, 1.807) is 6.07 Å². The lowest BCUT2D eigenvalue weighted by atomic mass is 10.1. The number of aromatic nitrogens is 5. The fraction of sp³-hybridized carbons (Fsp3) is 0.211. The van der Waals surface area contributed by atoms with Gasteiger partial charge >= 0.3 is 5.69 Å². The van der Waals surface area contributed by atoms with Crippen LogP contribution in [0.4, 0.5) is 5.13 Å². The summed E-state index contributed by atoms with van der Waals surface area (Å²) in [5.74, 6) is 1.07. The number of carbonyl (C=O) groups is 1. The maximum atomic E-state index is 12.4. The smallest absolute Gasteiger partial charge is 0.369 e. The number of aryl methyl sites for hydroxylation is 1. The van der Waals surface area contributed by atoms with E-state index in [4.69, 9.17) is 9.47 Å². The van der Waals surface area contributed by atoms with Gasteiger partial charge in [0.05, 0.1) is 5.69 Å². The van der Waals surface area contributed by atoms with Crippen LogP contribution >= 0.6 is 22.7 Å². The minimum Gasteiger partial charge on any atom is -0.454 e. The number of benzene rings is 1. The molecule has 0 fully saturated rings. The van der Waals surface area contributed by atoms with Crippen molar-refractivity contribution in [3.8, 4) is 16.5 Å². The third-order valence-corrected chi connectivity index (χ3v) is 6.50. The quantitative estimate of drug-likeness (QED) is 0.473. The number of thiophene rings is 1. The minimum atomic E-state index is -0.476. The van der Waals surface area contributed by atoms with Crippen LogP contribution in [0, 0.1) is 6.92 Å². The molecule has 4 aromatic rings. The first-order chi connectivity index (χ1) is 15.1. The molecule has 1 aliphatic rings. The lowest BCUT2D eigenvalue weighted by Crippen LogP contribution is -2.29. The SMILES string of the molecule is Cc1nc(NC(=O)Cn2nnn(-c3cccs3)c2=O)sc1Cc1ccc2c(c1)OCO2. The molecule has 0 unspecified atom stereocenters. The third kappa shape index (κ3) is 3.94. The van der Waals surface area contributed by atoms with Crippen molar-refractivity contribution in [1.82, 2.24) is 24.8 Å². The van der Waals surface area contributed by atoms with Crippen molar-refractivity contribution >= 4 is 33.7 Å². The highest BCUT2D eigenvalue weighted by molar-refractivity contribution is 7.15. The van der Waals surface area contributed by atoms with Gasteiger partial charge in [0.1, 0.15) is 11.5 Å². The molecule has 10 nitrogen and oxygen atoms in total. The molecule has 5 rings (SSSR count). The highest BCUT2D eigenvalue weighted by atomic mass is 32.1. The standard InChI is InChI=1S/C19H16N6O4S2/c1-11-15(8-12-4-5-13-14(7-12)29-10-28-13)31-18(20-11)21-16(26)9-24-19(27)25(23-22-24)17-3-2-6-30-17/h2-7H,8-10H2,1H3,(H,20,21,26). The second kappa shape index (κ2) is 7.96. The molecule has 12 heteroatoms. The summed E-state index contributed by atoms with van der Waals surface area (Å²) in [6.07, 6.45) is 0.657. The average Bonchev–Trinajstić information content (AvgIpc) is 3.52. The first kappa shape index (κ1) is 19.5. The van der Waals surface area contributed by atoms with E-state index in [1.807, 2.05) is 36.6 Å². The van der Waals surface area contributed by atoms with Crippen molar-refractivity contribution in [2.24, 2.45) is 0 Å². The van der Waals surface area contributed by atoms with Crippen LogP contribution < -0.4 is 20.5 Å². The first-order valence-electron chi connectivity index (χ1n) is 9.28. The van der Waals surface area contributed by atoms with Gasteiger partial charge in [-0.15, -0.1) is 22.7 Å². The predicted molar refractivity (Wildman–Crippen MR) is 114 cm³/mol. The Balaban J connectivity index is 1.26. The molecule has 0 radical (unpaired) electrons. The Hall–Kier alpha value is -3.51. The van der Waals surface area contributed by atoms with Gasteiger partial charge in [0.2, 0.25) is 12.7 Å². The number of nitrogens with one attached hydrogen (secondary N) is 1. The van der Waals surface area contributed by atoms with Gasteiger partial charge in [0, 0.05) is 11.3 Å². The summed E-state index contributed by atoms with van der Waals surface area (Å²) in [5.41, 5.74) is 1.42. The summed E-state index contributed by atoms with van der Waals surface area (Å²) < 4.78 is 12.9. The molecule has 1 amide bonds. The van der Waals surface area contributed by atoms with Gasteiger partial charge in [0.15, 0.2) is 16.6 Å². The molecule has 0 saturated carbocycles. The van der Waals surface area contributed by atoms with Gasteiger partial charge in [-0.3, -0.25) is 4.79 Å². The topological polar surface area (TPSA) is 113 Å². The third-order valence-electron chi connectivity index (χ3n) is 4.59. The van der Waals surface area contributed by atoms with E-state index in [1.165, 1.54) is 22.7 Å². The van der Waals surface area contributed by atoms with Crippen molar-refractivity contribution in [2.45, 2.75) is 19.9 Å². The molecule has 158 valence electrons. The van der Waals surface area contributed by atoms with Gasteiger partial charge in [-0.05, 0) is 52.6 Å². The molecule has 0 bridgehead atoms. The summed E-state index contributed by atoms with van der Waals surface area (Å²) in [4.78, 5) is 30.3. The second-order valence-electron chi connectivity index (χ2n) is 6.72. The molecule has 1 aromatic carbocycles. The molecule has 3 aromatic heterocycles. The maximum Gasteiger partial charge on any atom is 0.369 e. The van der Waals surface area contributed by atoms with E-state index in [9.17, 15) is 9.59 Å². The highest BCUT2D eigenvalue weighted by Gasteiger charge is 2.17. The Kier molecular flexibility index (Phi) is 5.00. The van der Waals surface area contributed by atoms with E-state index < -0.39 is 11.6 Å². The van der Waals surface area contributed by atoms with Crippen molar-refractivity contribution in [1.29, 1.82) is 0 Å². The Labute approximate surface area is 183 Å². The fourth-order valence-corrected chi connectivity index (χ4v) is 4.76. The number of ether oxygens (including phenoxy) is 2. The number of anilines is 1. The molecule has 0 aliphatic carbocycles. The number of hydrogen-bond donors (Lipinski definition) is 1. The summed E-state index contributed by atoms with van der Waals surface area (Å²) in [7, 11) is 0. The number of thiazole rings is 1. The van der Waals surface area contributed by atoms with Gasteiger partial charge in [-0.25, -0.2) is 9.78 Å². The van der Waals surface area contributed by atoms with Crippen LogP contribution in [0.15, 0.2) is 40.5 Å². The number of amides is 1. The summed E-state index contributed by atoms with van der Waals surface area (Å²) in [6, 6.07) is 9.38. The minimum absolute atomic E-state index is 0.235. The monoisotopic (exact) mass is 456 g/mol. The predicted octanol–water partition coefficient (Wildman–Crippen LogP) is 2.21. The van der Waals surface area contributed by atoms with Gasteiger partial charge in [0.25, 0.3) is 0 Å². The van der Waals surface area contributed by atoms with Crippen LogP contribution in [-0.2, 0) is 17.8 Å². The number of hydrogen-bond acceptors (Lipinski definition) is 9. The van der Waals surface area contributed by atoms with Crippen molar-refractivity contribution in [3.63, 3.8) is 0 Å². The van der Waals surface area contributed by atoms with Crippen molar-refractivity contribution in [3.05, 3.63) is 62.3 Å². The number of fused-ring (bicyclic) bond motifs is 1. The molecule has 0 saturated heterocycles. The molecule has 0 spiro atoms. The van der Waals surface area contributed by atoms with Crippen LogP contribution in [0.1, 0.15) is 16.1 Å². The van der Waals surface area contributed by atoms with Crippen molar-refractivity contribution in [2.75, 3.05) is 12.1 Å². The molecule has 1 aliphatic heterocycles. The second-order valence-corrected chi connectivity index (χ2v) is 8.73. The van der Waals surface area contributed by atoms with Gasteiger partial charge < -0.3 is 14.8 Å². The molecule has 4 heterocycles. The summed E-state index contributed by atoms with van der Waals surface area (Å²) in [6.45, 7) is 1.88. The summed E-state index contributed by atoms with van der Waals surface area (Å²) in [5, 5.41) is 13.3. The molecular formula is C19H16N6O4S2. The lowest BCUT2D eigenvalue weighted by molar-refractivity contribution is -0.117. The van der Waals surface area contributed by atoms with E-state index in [0.29, 0.717) is 16.6 Å². The Morgan fingerprint density at radius 3 is 2.94 bits per heavy atom. The maximum absolute atomic E-state index is 12.4. The fourth-order valence-electron chi connectivity index (χ4n) is 3.08. The van der Waals surface area contributed by atoms with Gasteiger partial charge in [-0.1, -0.05) is 6.07 Å². The average molecular weight is 457 g/mol. The van der Waals surface area contributed by atoms with Crippen LogP contribution in [-0.4, -0.2) is 37.5 Å². The molecule has 0 atom stereocenters. The van der Waals surface area contributed by atoms with Gasteiger partial charge in [-0.2, -0.15) is 9.36 Å². The highest BCUT2D eigenvalue weighted by Crippen LogP contribution is 2.34. The zero-order chi connectivity index (χ0) is 21.4. The van der Waals surface area contributed by atoms with E-state index in [0.717, 1.165) is 37.0 Å². The number of tetrazole rings is 1. The molecule has 1 N–H and O–H groups in total. The largest absolute Gasteiger partial charge is 0.454 e. The number of nitrogens with zero attached hydrogens (tertiary/aromatic N) is 5. The normalized spacial score (nSPS) is 12.3. The van der Waals surface area contributed by atoms with E-state index >= 15 is 0 Å². The Morgan fingerprint density at radius 2 is 2.10 bits per heavy atom. The van der Waals surface area contributed by atoms with Crippen molar-refractivity contribution < 1.29 is 14.3 Å². The summed E-state index contributed by atoms with van der Waals surface area (Å²) >= 11 is 2.75. The lowest BCUT2D eigenvalue weighted by Gasteiger charge is -2.02. The van der Waals surface area contributed by atoms with E-state index in [2.05, 4.69) is 20.7 Å². The van der Waals surface area contributed by atoms with E-state index in [-0.39, 0.29) is 13.3 Å².